The van der Waals surface area contributed by atoms with E-state index in [-0.39, 0.29) is 5.91 Å². The van der Waals surface area contributed by atoms with E-state index in [1.807, 2.05) is 31.1 Å². The van der Waals surface area contributed by atoms with Crippen molar-refractivity contribution >= 4 is 32.6 Å². The molecule has 5 nitrogen and oxygen atoms in total. The molecule has 0 aliphatic carbocycles. The summed E-state index contributed by atoms with van der Waals surface area (Å²) in [6, 6.07) is 10.3. The van der Waals surface area contributed by atoms with E-state index in [2.05, 4.69) is 43.9 Å². The highest BCUT2D eigenvalue weighted by molar-refractivity contribution is 7.22. The van der Waals surface area contributed by atoms with Gasteiger partial charge in [0, 0.05) is 6.54 Å². The summed E-state index contributed by atoms with van der Waals surface area (Å²) in [7, 11) is 5.76. The van der Waals surface area contributed by atoms with E-state index in [9.17, 15) is 4.79 Å². The molecule has 3 aromatic rings. The molecule has 0 unspecified atom stereocenters. The molecule has 0 atom stereocenters. The third-order valence-electron chi connectivity index (χ3n) is 5.28. The number of benzene rings is 2. The maximum atomic E-state index is 13.4. The lowest BCUT2D eigenvalue weighted by atomic mass is 10.0. The van der Waals surface area contributed by atoms with Crippen LogP contribution in [-0.4, -0.2) is 50.1 Å². The number of amides is 1. The summed E-state index contributed by atoms with van der Waals surface area (Å²) in [6.07, 6.45) is 1.26. The Labute approximate surface area is 183 Å². The number of aryl methyl sites for hydroxylation is 3. The van der Waals surface area contributed by atoms with Gasteiger partial charge in [0.1, 0.15) is 11.3 Å². The molecule has 1 amide bonds. The first kappa shape index (κ1) is 22.2. The van der Waals surface area contributed by atoms with Crippen LogP contribution in [0.2, 0.25) is 0 Å². The van der Waals surface area contributed by atoms with Gasteiger partial charge in [0.2, 0.25) is 5.91 Å². The van der Waals surface area contributed by atoms with Crippen molar-refractivity contribution in [2.45, 2.75) is 33.6 Å². The Hall–Kier alpha value is -2.44. The van der Waals surface area contributed by atoms with E-state index in [4.69, 9.17) is 9.72 Å². The molecule has 6 heteroatoms. The van der Waals surface area contributed by atoms with Gasteiger partial charge >= 0.3 is 0 Å². The minimum Gasteiger partial charge on any atom is -0.494 e. The van der Waals surface area contributed by atoms with E-state index in [1.54, 1.807) is 18.4 Å². The van der Waals surface area contributed by atoms with Gasteiger partial charge in [0.15, 0.2) is 5.13 Å². The molecule has 0 spiro atoms. The highest BCUT2D eigenvalue weighted by Gasteiger charge is 2.22. The van der Waals surface area contributed by atoms with Gasteiger partial charge in [-0.2, -0.15) is 0 Å². The number of aromatic nitrogens is 1. The zero-order valence-corrected chi connectivity index (χ0v) is 19.6. The number of nitrogens with zero attached hydrogens (tertiary/aromatic N) is 3. The lowest BCUT2D eigenvalue weighted by molar-refractivity contribution is -0.118. The van der Waals surface area contributed by atoms with Gasteiger partial charge < -0.3 is 9.64 Å². The fourth-order valence-corrected chi connectivity index (χ4v) is 4.59. The molecule has 2 aromatic carbocycles. The molecule has 3 rings (SSSR count). The predicted octanol–water partition coefficient (Wildman–Crippen LogP) is 4.76. The summed E-state index contributed by atoms with van der Waals surface area (Å²) in [4.78, 5) is 22.2. The smallest absolute Gasteiger partial charge is 0.233 e. The molecular formula is C24H31N3O2S. The molecule has 0 aliphatic heterocycles. The second-order valence-corrected chi connectivity index (χ2v) is 9.05. The number of methoxy groups -OCH3 is 1. The molecule has 0 saturated heterocycles. The van der Waals surface area contributed by atoms with Crippen LogP contribution in [0.3, 0.4) is 0 Å². The quantitative estimate of drug-likeness (QED) is 0.522. The van der Waals surface area contributed by atoms with Crippen LogP contribution in [0.1, 0.15) is 28.7 Å². The first-order valence-corrected chi connectivity index (χ1v) is 11.1. The Bertz CT molecular complexity index is 1040. The molecular weight excluding hydrogens is 394 g/mol. The number of hydrogen-bond donors (Lipinski definition) is 0. The second-order valence-electron chi connectivity index (χ2n) is 8.07. The van der Waals surface area contributed by atoms with Gasteiger partial charge in [-0.1, -0.05) is 41.2 Å². The van der Waals surface area contributed by atoms with Gasteiger partial charge in [-0.05, 0) is 70.6 Å². The van der Waals surface area contributed by atoms with Crippen LogP contribution >= 0.6 is 11.3 Å². The molecule has 0 N–H and O–H groups in total. The van der Waals surface area contributed by atoms with E-state index >= 15 is 0 Å². The number of ether oxygens (including phenoxy) is 1. The summed E-state index contributed by atoms with van der Waals surface area (Å²) in [5.74, 6) is 0.825. The van der Waals surface area contributed by atoms with E-state index in [1.165, 1.54) is 5.56 Å². The number of anilines is 1. The standard InChI is InChI=1S/C24H31N3O2S/c1-16-8-9-17(2)19(14-16)15-21(28)27(13-7-12-26(4)5)24-25-22-20(29-6)11-10-18(3)23(22)30-24/h8-11,14H,7,12-13,15H2,1-6H3. The Morgan fingerprint density at radius 3 is 2.50 bits per heavy atom. The molecule has 0 aliphatic rings. The number of carbonyl (C=O) groups is 1. The molecule has 0 radical (unpaired) electrons. The van der Waals surface area contributed by atoms with Crippen molar-refractivity contribution < 1.29 is 9.53 Å². The number of rotatable bonds is 8. The van der Waals surface area contributed by atoms with E-state index < -0.39 is 0 Å². The highest BCUT2D eigenvalue weighted by Crippen LogP contribution is 2.36. The van der Waals surface area contributed by atoms with Crippen LogP contribution in [0.15, 0.2) is 30.3 Å². The van der Waals surface area contributed by atoms with Gasteiger partial charge in [0.25, 0.3) is 0 Å². The van der Waals surface area contributed by atoms with Crippen molar-refractivity contribution in [1.82, 2.24) is 9.88 Å². The minimum atomic E-state index is 0.0816. The van der Waals surface area contributed by atoms with Crippen LogP contribution in [0.5, 0.6) is 5.75 Å². The average Bonchev–Trinajstić information content (AvgIpc) is 3.14. The highest BCUT2D eigenvalue weighted by atomic mass is 32.1. The number of fused-ring (bicyclic) bond motifs is 1. The average molecular weight is 426 g/mol. The summed E-state index contributed by atoms with van der Waals surface area (Å²) in [5.41, 5.74) is 5.36. The second kappa shape index (κ2) is 9.58. The van der Waals surface area contributed by atoms with Gasteiger partial charge in [-0.25, -0.2) is 4.98 Å². The summed E-state index contributed by atoms with van der Waals surface area (Å²) >= 11 is 1.57. The van der Waals surface area contributed by atoms with Gasteiger partial charge in [-0.3, -0.25) is 9.69 Å². The number of carbonyl (C=O) groups excluding carboxylic acids is 1. The maximum absolute atomic E-state index is 13.4. The van der Waals surface area contributed by atoms with Crippen LogP contribution in [0.25, 0.3) is 10.2 Å². The van der Waals surface area contributed by atoms with Crippen LogP contribution in [0, 0.1) is 20.8 Å². The Balaban J connectivity index is 1.95. The molecule has 1 aromatic heterocycles. The minimum absolute atomic E-state index is 0.0816. The fourth-order valence-electron chi connectivity index (χ4n) is 3.50. The molecule has 160 valence electrons. The lowest BCUT2D eigenvalue weighted by Gasteiger charge is -2.21. The third-order valence-corrected chi connectivity index (χ3v) is 6.49. The number of hydrogen-bond acceptors (Lipinski definition) is 5. The predicted molar refractivity (Wildman–Crippen MR) is 126 cm³/mol. The van der Waals surface area contributed by atoms with Crippen molar-refractivity contribution in [2.75, 3.05) is 39.2 Å². The first-order valence-electron chi connectivity index (χ1n) is 10.3. The van der Waals surface area contributed by atoms with Crippen LogP contribution < -0.4 is 9.64 Å². The molecule has 0 bridgehead atoms. The summed E-state index contributed by atoms with van der Waals surface area (Å²) in [5, 5.41) is 0.742. The zero-order valence-electron chi connectivity index (χ0n) is 18.8. The molecule has 1 heterocycles. The maximum Gasteiger partial charge on any atom is 0.233 e. The molecule has 0 fully saturated rings. The van der Waals surface area contributed by atoms with E-state index in [0.29, 0.717) is 13.0 Å². The van der Waals surface area contributed by atoms with E-state index in [0.717, 1.165) is 50.8 Å². The van der Waals surface area contributed by atoms with Gasteiger partial charge in [-0.15, -0.1) is 0 Å². The Morgan fingerprint density at radius 2 is 1.80 bits per heavy atom. The summed E-state index contributed by atoms with van der Waals surface area (Å²) < 4.78 is 6.58. The van der Waals surface area contributed by atoms with Crippen LogP contribution in [-0.2, 0) is 11.2 Å². The molecule has 30 heavy (non-hydrogen) atoms. The third kappa shape index (κ3) is 4.99. The monoisotopic (exact) mass is 425 g/mol. The zero-order chi connectivity index (χ0) is 21.8. The SMILES string of the molecule is COc1ccc(C)c2sc(N(CCCN(C)C)C(=O)Cc3cc(C)ccc3C)nc12. The fraction of sp³-hybridized carbons (Fsp3) is 0.417. The van der Waals surface area contributed by atoms with Gasteiger partial charge in [0.05, 0.1) is 18.2 Å². The molecule has 0 saturated carbocycles. The van der Waals surface area contributed by atoms with Crippen molar-refractivity contribution in [3.63, 3.8) is 0 Å². The topological polar surface area (TPSA) is 45.7 Å². The van der Waals surface area contributed by atoms with Crippen molar-refractivity contribution in [3.8, 4) is 5.75 Å². The summed E-state index contributed by atoms with van der Waals surface area (Å²) in [6.45, 7) is 7.75. The Morgan fingerprint density at radius 1 is 1.07 bits per heavy atom. The van der Waals surface area contributed by atoms with Crippen molar-refractivity contribution in [1.29, 1.82) is 0 Å². The van der Waals surface area contributed by atoms with Crippen molar-refractivity contribution in [2.24, 2.45) is 0 Å². The van der Waals surface area contributed by atoms with Crippen LogP contribution in [0.4, 0.5) is 5.13 Å². The first-order chi connectivity index (χ1) is 14.3. The Kier molecular flexibility index (Phi) is 7.10. The normalized spacial score (nSPS) is 11.3. The number of thiazole rings is 1. The van der Waals surface area contributed by atoms with Crippen molar-refractivity contribution in [3.05, 3.63) is 52.6 Å². The lowest BCUT2D eigenvalue weighted by Crippen LogP contribution is -2.34. The largest absolute Gasteiger partial charge is 0.494 e.